The number of benzene rings is 1. The van der Waals surface area contributed by atoms with Crippen LogP contribution in [0.4, 0.5) is 5.69 Å². The first-order valence-corrected chi connectivity index (χ1v) is 8.90. The van der Waals surface area contributed by atoms with Gasteiger partial charge in [0.2, 0.25) is 5.91 Å². The van der Waals surface area contributed by atoms with Gasteiger partial charge >= 0.3 is 0 Å². The molecule has 23 heavy (non-hydrogen) atoms. The van der Waals surface area contributed by atoms with Gasteiger partial charge in [-0.15, -0.1) is 11.3 Å². The molecule has 0 aliphatic carbocycles. The lowest BCUT2D eigenvalue weighted by Crippen LogP contribution is -2.43. The second-order valence-electron chi connectivity index (χ2n) is 5.67. The average molecular weight is 330 g/mol. The van der Waals surface area contributed by atoms with E-state index < -0.39 is 0 Å². The molecule has 5 heteroatoms. The van der Waals surface area contributed by atoms with Crippen molar-refractivity contribution in [2.45, 2.75) is 18.9 Å². The number of ether oxygens (including phenoxy) is 1. The molecule has 4 nitrogen and oxygen atoms in total. The van der Waals surface area contributed by atoms with Crippen LogP contribution in [0.25, 0.3) is 0 Å². The highest BCUT2D eigenvalue weighted by Crippen LogP contribution is 2.18. The van der Waals surface area contributed by atoms with E-state index in [1.165, 1.54) is 5.69 Å². The zero-order valence-corrected chi connectivity index (χ0v) is 13.9. The Balaban J connectivity index is 1.41. The lowest BCUT2D eigenvalue weighted by Gasteiger charge is -2.34. The fraction of sp³-hybridized carbons (Fsp3) is 0.389. The topological polar surface area (TPSA) is 41.6 Å². The van der Waals surface area contributed by atoms with Crippen molar-refractivity contribution < 1.29 is 9.53 Å². The van der Waals surface area contributed by atoms with Gasteiger partial charge in [0.1, 0.15) is 0 Å². The predicted octanol–water partition coefficient (Wildman–Crippen LogP) is 2.70. The molecule has 122 valence electrons. The molecule has 1 aromatic carbocycles. The smallest absolute Gasteiger partial charge is 0.225 e. The van der Waals surface area contributed by atoms with Gasteiger partial charge in [0.25, 0.3) is 0 Å². The lowest BCUT2D eigenvalue weighted by atomic mass is 10.2. The van der Waals surface area contributed by atoms with Crippen LogP contribution in [0.2, 0.25) is 0 Å². The van der Waals surface area contributed by atoms with E-state index in [0.717, 1.165) is 31.0 Å². The number of nitrogens with one attached hydrogen (secondary N) is 1. The lowest BCUT2D eigenvalue weighted by molar-refractivity contribution is -0.120. The number of hydrogen-bond acceptors (Lipinski definition) is 4. The number of nitrogens with zero attached hydrogens (tertiary/aromatic N) is 1. The highest BCUT2D eigenvalue weighted by Gasteiger charge is 2.20. The van der Waals surface area contributed by atoms with Crippen LogP contribution in [0, 0.1) is 0 Å². The Morgan fingerprint density at radius 2 is 2.13 bits per heavy atom. The largest absolute Gasteiger partial charge is 0.374 e. The van der Waals surface area contributed by atoms with Crippen molar-refractivity contribution in [2.24, 2.45) is 0 Å². The van der Waals surface area contributed by atoms with E-state index in [0.29, 0.717) is 13.0 Å². The van der Waals surface area contributed by atoms with Crippen molar-refractivity contribution in [3.63, 3.8) is 0 Å². The van der Waals surface area contributed by atoms with E-state index >= 15 is 0 Å². The van der Waals surface area contributed by atoms with Crippen molar-refractivity contribution >= 4 is 22.9 Å². The first-order valence-electron chi connectivity index (χ1n) is 8.02. The summed E-state index contributed by atoms with van der Waals surface area (Å²) >= 11 is 1.62. The van der Waals surface area contributed by atoms with Crippen LogP contribution in [0.1, 0.15) is 11.3 Å². The van der Waals surface area contributed by atoms with Gasteiger partial charge < -0.3 is 15.0 Å². The number of para-hydroxylation sites is 1. The first kappa shape index (κ1) is 16.0. The molecule has 0 radical (unpaired) electrons. The van der Waals surface area contributed by atoms with Gasteiger partial charge in [-0.05, 0) is 30.0 Å². The maximum atomic E-state index is 11.9. The molecule has 1 amide bonds. The molecular formula is C18H22N2O2S. The molecule has 3 rings (SSSR count). The number of carbonyl (C=O) groups excluding carboxylic acids is 1. The van der Waals surface area contributed by atoms with E-state index in [1.54, 1.807) is 11.3 Å². The molecule has 1 N–H and O–H groups in total. The molecule has 2 aromatic rings. The molecule has 0 bridgehead atoms. The molecule has 1 saturated heterocycles. The minimum Gasteiger partial charge on any atom is -0.374 e. The summed E-state index contributed by atoms with van der Waals surface area (Å²) < 4.78 is 5.83. The molecule has 1 unspecified atom stereocenters. The van der Waals surface area contributed by atoms with Crippen molar-refractivity contribution in [3.8, 4) is 0 Å². The molecule has 0 saturated carbocycles. The average Bonchev–Trinajstić information content (AvgIpc) is 3.09. The van der Waals surface area contributed by atoms with Gasteiger partial charge in [-0.2, -0.15) is 0 Å². The number of rotatable bonds is 6. The fourth-order valence-corrected chi connectivity index (χ4v) is 3.48. The summed E-state index contributed by atoms with van der Waals surface area (Å²) in [7, 11) is 0. The Kier molecular flexibility index (Phi) is 5.66. The normalized spacial score (nSPS) is 17.9. The molecule has 1 aromatic heterocycles. The monoisotopic (exact) mass is 330 g/mol. The standard InChI is InChI=1S/C18H22N2O2S/c21-18(13-17-7-4-12-23-17)19-9-8-16-14-20(10-11-22-16)15-5-2-1-3-6-15/h1-7,12,16H,8-11,13-14H2,(H,19,21). The Labute approximate surface area is 141 Å². The van der Waals surface area contributed by atoms with Crippen LogP contribution in [-0.4, -0.2) is 38.3 Å². The summed E-state index contributed by atoms with van der Waals surface area (Å²) in [5.74, 6) is 0.0863. The van der Waals surface area contributed by atoms with E-state index in [2.05, 4.69) is 34.5 Å². The van der Waals surface area contributed by atoms with Crippen molar-refractivity contribution in [2.75, 3.05) is 31.1 Å². The zero-order valence-electron chi connectivity index (χ0n) is 13.1. The molecule has 1 aliphatic rings. The summed E-state index contributed by atoms with van der Waals surface area (Å²) in [6.45, 7) is 3.20. The number of anilines is 1. The second-order valence-corrected chi connectivity index (χ2v) is 6.70. The van der Waals surface area contributed by atoms with Crippen LogP contribution in [0.15, 0.2) is 47.8 Å². The van der Waals surface area contributed by atoms with E-state index in [1.807, 2.05) is 23.6 Å². The van der Waals surface area contributed by atoms with E-state index in [4.69, 9.17) is 4.74 Å². The highest BCUT2D eigenvalue weighted by atomic mass is 32.1. The van der Waals surface area contributed by atoms with Crippen LogP contribution in [0.3, 0.4) is 0 Å². The zero-order chi connectivity index (χ0) is 15.9. The van der Waals surface area contributed by atoms with Gasteiger partial charge in [0.15, 0.2) is 0 Å². The van der Waals surface area contributed by atoms with Crippen molar-refractivity contribution in [1.29, 1.82) is 0 Å². The van der Waals surface area contributed by atoms with Crippen LogP contribution in [0.5, 0.6) is 0 Å². The summed E-state index contributed by atoms with van der Waals surface area (Å²) in [6.07, 6.45) is 1.49. The third kappa shape index (κ3) is 4.81. The first-order chi connectivity index (χ1) is 11.3. The summed E-state index contributed by atoms with van der Waals surface area (Å²) in [6, 6.07) is 14.4. The third-order valence-electron chi connectivity index (χ3n) is 3.96. The Hall–Kier alpha value is -1.85. The van der Waals surface area contributed by atoms with Gasteiger partial charge in [-0.3, -0.25) is 4.79 Å². The fourth-order valence-electron chi connectivity index (χ4n) is 2.77. The second kappa shape index (κ2) is 8.13. The van der Waals surface area contributed by atoms with Crippen LogP contribution in [-0.2, 0) is 16.0 Å². The maximum Gasteiger partial charge on any atom is 0.225 e. The van der Waals surface area contributed by atoms with Crippen LogP contribution < -0.4 is 10.2 Å². The quantitative estimate of drug-likeness (QED) is 0.885. The van der Waals surface area contributed by atoms with Gasteiger partial charge in [0, 0.05) is 30.2 Å². The van der Waals surface area contributed by atoms with Crippen molar-refractivity contribution in [3.05, 3.63) is 52.7 Å². The molecular weight excluding hydrogens is 308 g/mol. The van der Waals surface area contributed by atoms with E-state index in [9.17, 15) is 4.79 Å². The number of hydrogen-bond donors (Lipinski definition) is 1. The Morgan fingerprint density at radius 1 is 1.26 bits per heavy atom. The molecule has 2 heterocycles. The minimum absolute atomic E-state index is 0.0863. The van der Waals surface area contributed by atoms with Crippen molar-refractivity contribution in [1.82, 2.24) is 5.32 Å². The van der Waals surface area contributed by atoms with Crippen LogP contribution >= 0.6 is 11.3 Å². The Bertz CT molecular complexity index is 601. The number of morpholine rings is 1. The SMILES string of the molecule is O=C(Cc1cccs1)NCCC1CN(c2ccccc2)CCO1. The number of amides is 1. The Morgan fingerprint density at radius 3 is 2.91 bits per heavy atom. The highest BCUT2D eigenvalue weighted by molar-refractivity contribution is 7.10. The molecule has 1 fully saturated rings. The molecule has 0 spiro atoms. The summed E-state index contributed by atoms with van der Waals surface area (Å²) in [4.78, 5) is 15.3. The maximum absolute atomic E-state index is 11.9. The summed E-state index contributed by atoms with van der Waals surface area (Å²) in [5.41, 5.74) is 1.24. The predicted molar refractivity (Wildman–Crippen MR) is 94.0 cm³/mol. The minimum atomic E-state index is 0.0863. The molecule has 1 aliphatic heterocycles. The number of thiophene rings is 1. The third-order valence-corrected chi connectivity index (χ3v) is 4.84. The molecule has 1 atom stereocenters. The van der Waals surface area contributed by atoms with Gasteiger partial charge in [-0.25, -0.2) is 0 Å². The van der Waals surface area contributed by atoms with Gasteiger partial charge in [0.05, 0.1) is 19.1 Å². The number of carbonyl (C=O) groups is 1. The van der Waals surface area contributed by atoms with Gasteiger partial charge in [-0.1, -0.05) is 24.3 Å². The summed E-state index contributed by atoms with van der Waals surface area (Å²) in [5, 5.41) is 4.99. The van der Waals surface area contributed by atoms with E-state index in [-0.39, 0.29) is 12.0 Å².